The van der Waals surface area contributed by atoms with Crippen LogP contribution in [-0.4, -0.2) is 43.4 Å². The van der Waals surface area contributed by atoms with Crippen molar-refractivity contribution in [3.05, 3.63) is 24.4 Å². The van der Waals surface area contributed by atoms with E-state index in [9.17, 15) is 0 Å². The van der Waals surface area contributed by atoms with Gasteiger partial charge in [-0.15, -0.1) is 0 Å². The standard InChI is InChI=1S/C11H21N3/c1-6-8-9-10-12-11(13(3)4)14(5)7-2/h6,8-10H,7H2,1-5H3/b8-6+,10-9+,12-11?. The van der Waals surface area contributed by atoms with Crippen molar-refractivity contribution in [2.24, 2.45) is 4.99 Å². The molecule has 0 saturated carbocycles. The topological polar surface area (TPSA) is 18.8 Å². The fourth-order valence-electron chi connectivity index (χ4n) is 0.967. The number of hydrogen-bond acceptors (Lipinski definition) is 1. The summed E-state index contributed by atoms with van der Waals surface area (Å²) >= 11 is 0. The maximum absolute atomic E-state index is 4.37. The van der Waals surface area contributed by atoms with E-state index in [1.54, 1.807) is 0 Å². The Morgan fingerprint density at radius 3 is 2.29 bits per heavy atom. The molecule has 0 N–H and O–H groups in total. The normalized spacial score (nSPS) is 12.8. The highest BCUT2D eigenvalue weighted by Gasteiger charge is 2.04. The van der Waals surface area contributed by atoms with Crippen molar-refractivity contribution in [1.82, 2.24) is 9.80 Å². The maximum Gasteiger partial charge on any atom is 0.200 e. The lowest BCUT2D eigenvalue weighted by Gasteiger charge is -2.24. The van der Waals surface area contributed by atoms with Crippen molar-refractivity contribution in [3.8, 4) is 0 Å². The number of hydrogen-bond donors (Lipinski definition) is 0. The number of rotatable bonds is 3. The predicted molar refractivity (Wildman–Crippen MR) is 63.4 cm³/mol. The first kappa shape index (κ1) is 12.8. The summed E-state index contributed by atoms with van der Waals surface area (Å²) in [4.78, 5) is 8.47. The molecule has 0 aliphatic carbocycles. The first-order valence-electron chi connectivity index (χ1n) is 4.87. The van der Waals surface area contributed by atoms with Gasteiger partial charge in [-0.2, -0.15) is 0 Å². The Labute approximate surface area is 87.4 Å². The van der Waals surface area contributed by atoms with Crippen LogP contribution in [0, 0.1) is 0 Å². The van der Waals surface area contributed by atoms with Gasteiger partial charge in [-0.25, -0.2) is 4.99 Å². The summed E-state index contributed by atoms with van der Waals surface area (Å²) in [5, 5.41) is 0. The van der Waals surface area contributed by atoms with Gasteiger partial charge in [-0.05, 0) is 19.9 Å². The van der Waals surface area contributed by atoms with E-state index in [4.69, 9.17) is 0 Å². The van der Waals surface area contributed by atoms with Crippen LogP contribution in [0.5, 0.6) is 0 Å². The molecule has 0 aromatic heterocycles. The van der Waals surface area contributed by atoms with Crippen LogP contribution in [0.15, 0.2) is 29.4 Å². The summed E-state index contributed by atoms with van der Waals surface area (Å²) in [5.74, 6) is 0.966. The second kappa shape index (κ2) is 7.18. The van der Waals surface area contributed by atoms with E-state index in [1.807, 2.05) is 57.4 Å². The highest BCUT2D eigenvalue weighted by Crippen LogP contribution is 1.92. The molecule has 3 heteroatoms. The molecule has 0 aromatic rings. The molecule has 0 bridgehead atoms. The van der Waals surface area contributed by atoms with E-state index in [0.29, 0.717) is 0 Å². The van der Waals surface area contributed by atoms with E-state index in [0.717, 1.165) is 12.5 Å². The van der Waals surface area contributed by atoms with Crippen molar-refractivity contribution >= 4 is 5.96 Å². The van der Waals surface area contributed by atoms with Gasteiger partial charge in [0, 0.05) is 33.9 Å². The Morgan fingerprint density at radius 1 is 1.21 bits per heavy atom. The van der Waals surface area contributed by atoms with E-state index >= 15 is 0 Å². The molecule has 0 heterocycles. The summed E-state index contributed by atoms with van der Waals surface area (Å²) < 4.78 is 0. The minimum atomic E-state index is 0.953. The highest BCUT2D eigenvalue weighted by atomic mass is 15.3. The van der Waals surface area contributed by atoms with Crippen LogP contribution >= 0.6 is 0 Å². The molecule has 3 nitrogen and oxygen atoms in total. The van der Waals surface area contributed by atoms with Gasteiger partial charge in [0.2, 0.25) is 0 Å². The second-order valence-electron chi connectivity index (χ2n) is 3.21. The van der Waals surface area contributed by atoms with Crippen molar-refractivity contribution in [3.63, 3.8) is 0 Å². The van der Waals surface area contributed by atoms with Crippen LogP contribution in [-0.2, 0) is 0 Å². The van der Waals surface area contributed by atoms with Crippen LogP contribution < -0.4 is 0 Å². The number of aliphatic imine (C=N–C) groups is 1. The third kappa shape index (κ3) is 4.70. The molecule has 0 saturated heterocycles. The zero-order chi connectivity index (χ0) is 11.0. The van der Waals surface area contributed by atoms with E-state index < -0.39 is 0 Å². The van der Waals surface area contributed by atoms with Gasteiger partial charge in [0.15, 0.2) is 5.96 Å². The average Bonchev–Trinajstić information content (AvgIpc) is 2.16. The fourth-order valence-corrected chi connectivity index (χ4v) is 0.967. The molecule has 0 radical (unpaired) electrons. The molecule has 0 aliphatic rings. The predicted octanol–water partition coefficient (Wildman–Crippen LogP) is 1.95. The molecule has 14 heavy (non-hydrogen) atoms. The molecular weight excluding hydrogens is 174 g/mol. The maximum atomic E-state index is 4.37. The monoisotopic (exact) mass is 195 g/mol. The molecule has 80 valence electrons. The van der Waals surface area contributed by atoms with Crippen LogP contribution in [0.4, 0.5) is 0 Å². The number of allylic oxidation sites excluding steroid dienone is 3. The average molecular weight is 195 g/mol. The van der Waals surface area contributed by atoms with Crippen LogP contribution in [0.1, 0.15) is 13.8 Å². The SMILES string of the molecule is C/C=C/C=C/N=C(N(C)C)N(C)CC. The van der Waals surface area contributed by atoms with Gasteiger partial charge < -0.3 is 9.80 Å². The Hall–Kier alpha value is -1.25. The number of nitrogens with zero attached hydrogens (tertiary/aromatic N) is 3. The van der Waals surface area contributed by atoms with Crippen LogP contribution in [0.25, 0.3) is 0 Å². The lowest BCUT2D eigenvalue weighted by atomic mass is 10.5. The van der Waals surface area contributed by atoms with Gasteiger partial charge in [0.1, 0.15) is 0 Å². The Bertz CT molecular complexity index is 227. The molecule has 0 atom stereocenters. The van der Waals surface area contributed by atoms with Gasteiger partial charge >= 0.3 is 0 Å². The first-order chi connectivity index (χ1) is 6.63. The number of guanidine groups is 1. The third-order valence-corrected chi connectivity index (χ3v) is 1.80. The van der Waals surface area contributed by atoms with Gasteiger partial charge in [0.25, 0.3) is 0 Å². The highest BCUT2D eigenvalue weighted by molar-refractivity contribution is 5.79. The molecule has 0 aliphatic heterocycles. The Kier molecular flexibility index (Phi) is 6.54. The molecule has 0 unspecified atom stereocenters. The largest absolute Gasteiger partial charge is 0.349 e. The lowest BCUT2D eigenvalue weighted by molar-refractivity contribution is 0.441. The van der Waals surface area contributed by atoms with Crippen molar-refractivity contribution in [2.75, 3.05) is 27.7 Å². The summed E-state index contributed by atoms with van der Waals surface area (Å²) in [7, 11) is 6.02. The fraction of sp³-hybridized carbons (Fsp3) is 0.545. The molecule has 0 amide bonds. The van der Waals surface area contributed by atoms with Crippen LogP contribution in [0.3, 0.4) is 0 Å². The zero-order valence-electron chi connectivity index (χ0n) is 9.86. The molecule has 0 fully saturated rings. The first-order valence-corrected chi connectivity index (χ1v) is 4.87. The van der Waals surface area contributed by atoms with Crippen LogP contribution in [0.2, 0.25) is 0 Å². The molecule has 0 rings (SSSR count). The third-order valence-electron chi connectivity index (χ3n) is 1.80. The van der Waals surface area contributed by atoms with Gasteiger partial charge in [-0.3, -0.25) is 0 Å². The lowest BCUT2D eigenvalue weighted by Crippen LogP contribution is -2.37. The van der Waals surface area contributed by atoms with Crippen molar-refractivity contribution < 1.29 is 0 Å². The smallest absolute Gasteiger partial charge is 0.200 e. The van der Waals surface area contributed by atoms with E-state index in [-0.39, 0.29) is 0 Å². The Morgan fingerprint density at radius 2 is 1.86 bits per heavy atom. The quantitative estimate of drug-likeness (QED) is 0.389. The zero-order valence-corrected chi connectivity index (χ0v) is 9.86. The minimum Gasteiger partial charge on any atom is -0.349 e. The summed E-state index contributed by atoms with van der Waals surface area (Å²) in [5.41, 5.74) is 0. The van der Waals surface area contributed by atoms with Crippen molar-refractivity contribution in [1.29, 1.82) is 0 Å². The van der Waals surface area contributed by atoms with E-state index in [1.165, 1.54) is 0 Å². The van der Waals surface area contributed by atoms with Gasteiger partial charge in [0.05, 0.1) is 0 Å². The summed E-state index contributed by atoms with van der Waals surface area (Å²) in [6.45, 7) is 5.04. The van der Waals surface area contributed by atoms with Crippen molar-refractivity contribution in [2.45, 2.75) is 13.8 Å². The molecule has 0 aromatic carbocycles. The minimum absolute atomic E-state index is 0.953. The Balaban J connectivity index is 4.48. The summed E-state index contributed by atoms with van der Waals surface area (Å²) in [6.07, 6.45) is 7.67. The second-order valence-corrected chi connectivity index (χ2v) is 3.21. The summed E-state index contributed by atoms with van der Waals surface area (Å²) in [6, 6.07) is 0. The molecule has 0 spiro atoms. The van der Waals surface area contributed by atoms with E-state index in [2.05, 4.69) is 16.8 Å². The van der Waals surface area contributed by atoms with Gasteiger partial charge in [-0.1, -0.05) is 12.2 Å². The molecular formula is C11H21N3.